The summed E-state index contributed by atoms with van der Waals surface area (Å²) in [6.07, 6.45) is 0. The number of likely N-dealkylation sites (N-methyl/N-ethyl adjacent to an activating group) is 1. The van der Waals surface area contributed by atoms with E-state index in [4.69, 9.17) is 4.74 Å². The lowest BCUT2D eigenvalue weighted by Crippen LogP contribution is -2.59. The fourth-order valence-corrected chi connectivity index (χ4v) is 2.10. The van der Waals surface area contributed by atoms with Crippen molar-refractivity contribution in [2.24, 2.45) is 0 Å². The molecule has 104 valence electrons. The van der Waals surface area contributed by atoms with Crippen LogP contribution in [-0.2, 0) is 16.1 Å². The molecule has 19 heavy (non-hydrogen) atoms. The van der Waals surface area contributed by atoms with Crippen molar-refractivity contribution >= 4 is 5.91 Å². The number of ether oxygens (including phenoxy) is 1. The highest BCUT2D eigenvalue weighted by Crippen LogP contribution is 2.15. The third-order valence-corrected chi connectivity index (χ3v) is 3.47. The molecule has 1 aromatic rings. The Kier molecular flexibility index (Phi) is 4.22. The summed E-state index contributed by atoms with van der Waals surface area (Å²) in [5.41, 5.74) is 2.19. The first kappa shape index (κ1) is 14.0. The second-order valence-electron chi connectivity index (χ2n) is 5.58. The van der Waals surface area contributed by atoms with Gasteiger partial charge in [0.1, 0.15) is 6.61 Å². The number of benzene rings is 1. The van der Waals surface area contributed by atoms with Crippen molar-refractivity contribution in [3.05, 3.63) is 35.4 Å². The molecule has 0 radical (unpaired) electrons. The van der Waals surface area contributed by atoms with Gasteiger partial charge in [0.2, 0.25) is 5.91 Å². The minimum atomic E-state index is -0.167. The summed E-state index contributed by atoms with van der Waals surface area (Å²) in [5, 5.41) is 3.15. The van der Waals surface area contributed by atoms with Gasteiger partial charge in [-0.05, 0) is 19.4 Å². The van der Waals surface area contributed by atoms with Crippen LogP contribution in [0.25, 0.3) is 0 Å². The van der Waals surface area contributed by atoms with E-state index in [-0.39, 0.29) is 18.1 Å². The number of nitrogens with zero attached hydrogens (tertiary/aromatic N) is 1. The van der Waals surface area contributed by atoms with Crippen LogP contribution in [0.1, 0.15) is 18.1 Å². The Morgan fingerprint density at radius 1 is 1.47 bits per heavy atom. The van der Waals surface area contributed by atoms with Crippen molar-refractivity contribution in [3.8, 4) is 0 Å². The molecule has 2 rings (SSSR count). The quantitative estimate of drug-likeness (QED) is 0.870. The van der Waals surface area contributed by atoms with E-state index in [0.29, 0.717) is 6.54 Å². The third kappa shape index (κ3) is 3.78. The van der Waals surface area contributed by atoms with E-state index in [0.717, 1.165) is 18.7 Å². The Bertz CT molecular complexity index is 455. The predicted octanol–water partition coefficient (Wildman–Crippen LogP) is 1.33. The smallest absolute Gasteiger partial charge is 0.248 e. The topological polar surface area (TPSA) is 41.6 Å². The van der Waals surface area contributed by atoms with E-state index in [9.17, 15) is 4.79 Å². The van der Waals surface area contributed by atoms with E-state index in [1.54, 1.807) is 4.90 Å². The monoisotopic (exact) mass is 262 g/mol. The maximum absolute atomic E-state index is 12.0. The van der Waals surface area contributed by atoms with Gasteiger partial charge in [0.25, 0.3) is 0 Å². The van der Waals surface area contributed by atoms with Gasteiger partial charge in [0.05, 0.1) is 5.60 Å². The molecule has 1 heterocycles. The van der Waals surface area contributed by atoms with E-state index in [1.165, 1.54) is 5.56 Å². The normalized spacial score (nSPS) is 16.8. The number of carbonyl (C=O) groups excluding carboxylic acids is 1. The zero-order chi connectivity index (χ0) is 13.9. The largest absolute Gasteiger partial charge is 0.363 e. The molecule has 1 aliphatic rings. The lowest BCUT2D eigenvalue weighted by Gasteiger charge is -2.39. The Morgan fingerprint density at radius 3 is 2.79 bits per heavy atom. The van der Waals surface area contributed by atoms with Gasteiger partial charge in [-0.15, -0.1) is 0 Å². The fourth-order valence-electron chi connectivity index (χ4n) is 2.10. The lowest BCUT2D eigenvalue weighted by molar-refractivity contribution is -0.145. The summed E-state index contributed by atoms with van der Waals surface area (Å²) in [4.78, 5) is 13.7. The Labute approximate surface area is 114 Å². The minimum Gasteiger partial charge on any atom is -0.363 e. The molecule has 1 fully saturated rings. The van der Waals surface area contributed by atoms with Gasteiger partial charge >= 0.3 is 0 Å². The highest BCUT2D eigenvalue weighted by atomic mass is 16.5. The van der Waals surface area contributed by atoms with Crippen LogP contribution in [0, 0.1) is 6.92 Å². The number of carbonyl (C=O) groups is 1. The summed E-state index contributed by atoms with van der Waals surface area (Å²) in [5.74, 6) is 0.0228. The lowest BCUT2D eigenvalue weighted by atomic mass is 10.0. The van der Waals surface area contributed by atoms with Crippen LogP contribution >= 0.6 is 0 Å². The van der Waals surface area contributed by atoms with Crippen molar-refractivity contribution in [3.63, 3.8) is 0 Å². The predicted molar refractivity (Wildman–Crippen MR) is 74.9 cm³/mol. The van der Waals surface area contributed by atoms with Gasteiger partial charge in [-0.1, -0.05) is 29.8 Å². The standard InChI is InChI=1S/C15H22N2O2/c1-12-5-4-6-13(7-12)8-17(3)14(18)9-19-15(2)10-16-11-15/h4-7,16H,8-11H2,1-3H3. The van der Waals surface area contributed by atoms with E-state index >= 15 is 0 Å². The highest BCUT2D eigenvalue weighted by Gasteiger charge is 2.33. The first-order valence-electron chi connectivity index (χ1n) is 6.63. The van der Waals surface area contributed by atoms with Gasteiger partial charge in [-0.3, -0.25) is 4.79 Å². The summed E-state index contributed by atoms with van der Waals surface area (Å²) < 4.78 is 5.66. The molecule has 0 aliphatic carbocycles. The van der Waals surface area contributed by atoms with E-state index in [1.807, 2.05) is 26.1 Å². The zero-order valence-corrected chi connectivity index (χ0v) is 11.9. The fraction of sp³-hybridized carbons (Fsp3) is 0.533. The molecule has 4 nitrogen and oxygen atoms in total. The summed E-state index contributed by atoms with van der Waals surface area (Å²) in [6, 6.07) is 8.20. The Hall–Kier alpha value is -1.39. The van der Waals surface area contributed by atoms with Crippen LogP contribution in [0.3, 0.4) is 0 Å². The first-order chi connectivity index (χ1) is 8.98. The van der Waals surface area contributed by atoms with Crippen molar-refractivity contribution in [2.45, 2.75) is 26.0 Å². The van der Waals surface area contributed by atoms with Crippen LogP contribution in [0.2, 0.25) is 0 Å². The average molecular weight is 262 g/mol. The second kappa shape index (κ2) is 5.72. The molecule has 1 saturated heterocycles. The molecule has 4 heteroatoms. The van der Waals surface area contributed by atoms with Crippen LogP contribution in [-0.4, -0.2) is 43.2 Å². The van der Waals surface area contributed by atoms with Crippen molar-refractivity contribution in [1.29, 1.82) is 0 Å². The molecule has 1 aromatic carbocycles. The maximum atomic E-state index is 12.0. The molecule has 1 N–H and O–H groups in total. The highest BCUT2D eigenvalue weighted by molar-refractivity contribution is 5.77. The molecule has 0 atom stereocenters. The minimum absolute atomic E-state index is 0.0228. The number of hydrogen-bond acceptors (Lipinski definition) is 3. The Morgan fingerprint density at radius 2 is 2.21 bits per heavy atom. The van der Waals surface area contributed by atoms with E-state index in [2.05, 4.69) is 24.4 Å². The molecule has 0 aromatic heterocycles. The number of nitrogens with one attached hydrogen (secondary N) is 1. The SMILES string of the molecule is Cc1cccc(CN(C)C(=O)COC2(C)CNC2)c1. The molecule has 0 saturated carbocycles. The van der Waals surface area contributed by atoms with Crippen LogP contribution in [0.5, 0.6) is 0 Å². The molecular weight excluding hydrogens is 240 g/mol. The van der Waals surface area contributed by atoms with Crippen molar-refractivity contribution < 1.29 is 9.53 Å². The van der Waals surface area contributed by atoms with Gasteiger partial charge in [-0.2, -0.15) is 0 Å². The van der Waals surface area contributed by atoms with Gasteiger partial charge in [-0.25, -0.2) is 0 Å². The molecule has 0 unspecified atom stereocenters. The summed E-state index contributed by atoms with van der Waals surface area (Å²) in [6.45, 7) is 6.50. The number of aryl methyl sites for hydroxylation is 1. The summed E-state index contributed by atoms with van der Waals surface area (Å²) >= 11 is 0. The Balaban J connectivity index is 1.82. The van der Waals surface area contributed by atoms with Crippen LogP contribution in [0.4, 0.5) is 0 Å². The average Bonchev–Trinajstić information content (AvgIpc) is 2.33. The zero-order valence-electron chi connectivity index (χ0n) is 11.9. The van der Waals surface area contributed by atoms with Crippen LogP contribution < -0.4 is 5.32 Å². The number of hydrogen-bond donors (Lipinski definition) is 1. The molecule has 1 amide bonds. The van der Waals surface area contributed by atoms with Crippen molar-refractivity contribution in [1.82, 2.24) is 10.2 Å². The molecular formula is C15H22N2O2. The molecule has 1 aliphatic heterocycles. The van der Waals surface area contributed by atoms with Gasteiger partial charge in [0, 0.05) is 26.7 Å². The van der Waals surface area contributed by atoms with Crippen molar-refractivity contribution in [2.75, 3.05) is 26.7 Å². The van der Waals surface area contributed by atoms with Gasteiger partial charge < -0.3 is 15.0 Å². The summed E-state index contributed by atoms with van der Waals surface area (Å²) in [7, 11) is 1.81. The van der Waals surface area contributed by atoms with Crippen LogP contribution in [0.15, 0.2) is 24.3 Å². The first-order valence-corrected chi connectivity index (χ1v) is 6.63. The second-order valence-corrected chi connectivity index (χ2v) is 5.58. The number of amides is 1. The number of rotatable bonds is 5. The van der Waals surface area contributed by atoms with E-state index < -0.39 is 0 Å². The maximum Gasteiger partial charge on any atom is 0.248 e. The third-order valence-electron chi connectivity index (χ3n) is 3.47. The van der Waals surface area contributed by atoms with Gasteiger partial charge in [0.15, 0.2) is 0 Å². The molecule has 0 bridgehead atoms. The molecule has 0 spiro atoms.